The van der Waals surface area contributed by atoms with E-state index < -0.39 is 0 Å². The van der Waals surface area contributed by atoms with Crippen molar-refractivity contribution in [2.24, 2.45) is 0 Å². The third-order valence-electron chi connectivity index (χ3n) is 4.67. The number of ether oxygens (including phenoxy) is 1. The summed E-state index contributed by atoms with van der Waals surface area (Å²) in [4.78, 5) is 12.5. The molecule has 0 bridgehead atoms. The largest absolute Gasteiger partial charge is 0.489 e. The van der Waals surface area contributed by atoms with Gasteiger partial charge in [-0.3, -0.25) is 4.79 Å². The summed E-state index contributed by atoms with van der Waals surface area (Å²) < 4.78 is 5.82. The molecular weight excluding hydrogens is 334 g/mol. The molecule has 0 aliphatic carbocycles. The second kappa shape index (κ2) is 8.54. The first-order valence-corrected chi connectivity index (χ1v) is 9.25. The highest BCUT2D eigenvalue weighted by Gasteiger charge is 2.09. The summed E-state index contributed by atoms with van der Waals surface area (Å²) in [5.41, 5.74) is 5.95. The molecule has 0 unspecified atom stereocenters. The van der Waals surface area contributed by atoms with Crippen molar-refractivity contribution in [3.63, 3.8) is 0 Å². The number of anilines is 1. The molecule has 1 N–H and O–H groups in total. The van der Waals surface area contributed by atoms with Gasteiger partial charge in [-0.25, -0.2) is 0 Å². The van der Waals surface area contributed by atoms with Crippen molar-refractivity contribution in [3.05, 3.63) is 94.5 Å². The normalized spacial score (nSPS) is 10.5. The Morgan fingerprint density at radius 2 is 1.44 bits per heavy atom. The van der Waals surface area contributed by atoms with Crippen molar-refractivity contribution < 1.29 is 9.53 Å². The lowest BCUT2D eigenvalue weighted by atomic mass is 10.1. The minimum Gasteiger partial charge on any atom is -0.489 e. The molecule has 3 aromatic rings. The maximum atomic E-state index is 12.5. The van der Waals surface area contributed by atoms with Crippen LogP contribution >= 0.6 is 0 Å². The number of hydrogen-bond donors (Lipinski definition) is 1. The highest BCUT2D eigenvalue weighted by atomic mass is 16.5. The molecule has 0 saturated carbocycles. The number of rotatable bonds is 6. The number of para-hydroxylation sites is 1. The lowest BCUT2D eigenvalue weighted by Gasteiger charge is -2.12. The maximum absolute atomic E-state index is 12.5. The van der Waals surface area contributed by atoms with Crippen LogP contribution in [0.4, 0.5) is 5.69 Å². The third kappa shape index (κ3) is 4.76. The van der Waals surface area contributed by atoms with E-state index in [2.05, 4.69) is 24.4 Å². The molecule has 0 aromatic heterocycles. The molecule has 3 nitrogen and oxygen atoms in total. The fraction of sp³-hybridized carbons (Fsp3) is 0.208. The van der Waals surface area contributed by atoms with Crippen LogP contribution in [0.2, 0.25) is 0 Å². The zero-order chi connectivity index (χ0) is 19.2. The summed E-state index contributed by atoms with van der Waals surface area (Å²) in [6.07, 6.45) is 1.02. The average molecular weight is 359 g/mol. The molecule has 0 saturated heterocycles. The van der Waals surface area contributed by atoms with E-state index in [-0.39, 0.29) is 5.91 Å². The summed E-state index contributed by atoms with van der Waals surface area (Å²) in [6.45, 7) is 6.60. The predicted octanol–water partition coefficient (Wildman–Crippen LogP) is 5.70. The van der Waals surface area contributed by atoms with Gasteiger partial charge in [0.1, 0.15) is 12.4 Å². The molecule has 0 heterocycles. The Hall–Kier alpha value is -3.07. The van der Waals surface area contributed by atoms with E-state index >= 15 is 0 Å². The van der Waals surface area contributed by atoms with Crippen LogP contribution in [0.3, 0.4) is 0 Å². The SMILES string of the molecule is CCc1ccc(OCc2ccc(C(=O)Nc3c(C)cccc3C)cc2)cc1. The fourth-order valence-electron chi connectivity index (χ4n) is 2.94. The minimum atomic E-state index is -0.102. The predicted molar refractivity (Wildman–Crippen MR) is 110 cm³/mol. The first-order valence-electron chi connectivity index (χ1n) is 9.25. The molecule has 0 fully saturated rings. The Morgan fingerprint density at radius 3 is 2.04 bits per heavy atom. The smallest absolute Gasteiger partial charge is 0.255 e. The van der Waals surface area contributed by atoms with E-state index in [1.807, 2.05) is 68.4 Å². The van der Waals surface area contributed by atoms with Gasteiger partial charge in [-0.2, -0.15) is 0 Å². The summed E-state index contributed by atoms with van der Waals surface area (Å²) >= 11 is 0. The molecule has 3 heteroatoms. The van der Waals surface area contributed by atoms with Gasteiger partial charge in [-0.05, 0) is 66.8 Å². The lowest BCUT2D eigenvalue weighted by molar-refractivity contribution is 0.102. The molecule has 3 aromatic carbocycles. The first kappa shape index (κ1) is 18.7. The zero-order valence-corrected chi connectivity index (χ0v) is 16.1. The van der Waals surface area contributed by atoms with Crippen LogP contribution in [-0.2, 0) is 13.0 Å². The molecule has 1 amide bonds. The summed E-state index contributed by atoms with van der Waals surface area (Å²) in [5.74, 6) is 0.749. The molecule has 0 atom stereocenters. The van der Waals surface area contributed by atoms with Crippen molar-refractivity contribution in [1.82, 2.24) is 0 Å². The number of carbonyl (C=O) groups excluding carboxylic acids is 1. The van der Waals surface area contributed by atoms with Gasteiger partial charge in [0.15, 0.2) is 0 Å². The van der Waals surface area contributed by atoms with Crippen molar-refractivity contribution in [2.75, 3.05) is 5.32 Å². The standard InChI is InChI=1S/C24H25NO2/c1-4-19-10-14-22(15-11-19)27-16-20-8-12-21(13-9-20)24(26)25-23-17(2)6-5-7-18(23)3/h5-15H,4,16H2,1-3H3,(H,25,26). The number of nitrogens with one attached hydrogen (secondary N) is 1. The molecule has 3 rings (SSSR count). The summed E-state index contributed by atoms with van der Waals surface area (Å²) in [5, 5.41) is 3.01. The number of carbonyl (C=O) groups is 1. The van der Waals surface area contributed by atoms with Gasteiger partial charge in [0.25, 0.3) is 5.91 Å². The Bertz CT molecular complexity index is 892. The van der Waals surface area contributed by atoms with Crippen molar-refractivity contribution >= 4 is 11.6 Å². The van der Waals surface area contributed by atoms with Gasteiger partial charge in [0, 0.05) is 11.3 Å². The first-order chi connectivity index (χ1) is 13.1. The minimum absolute atomic E-state index is 0.102. The Morgan fingerprint density at radius 1 is 0.852 bits per heavy atom. The third-order valence-corrected chi connectivity index (χ3v) is 4.67. The van der Waals surface area contributed by atoms with Crippen LogP contribution in [0.5, 0.6) is 5.75 Å². The molecule has 0 aliphatic rings. The molecule has 138 valence electrons. The quantitative estimate of drug-likeness (QED) is 0.613. The Kier molecular flexibility index (Phi) is 5.92. The van der Waals surface area contributed by atoms with Gasteiger partial charge in [-0.15, -0.1) is 0 Å². The van der Waals surface area contributed by atoms with Crippen LogP contribution < -0.4 is 10.1 Å². The van der Waals surface area contributed by atoms with Crippen molar-refractivity contribution in [1.29, 1.82) is 0 Å². The Labute approximate surface area is 161 Å². The van der Waals surface area contributed by atoms with Gasteiger partial charge in [0.05, 0.1) is 0 Å². The van der Waals surface area contributed by atoms with Crippen molar-refractivity contribution in [3.8, 4) is 5.75 Å². The van der Waals surface area contributed by atoms with E-state index in [9.17, 15) is 4.79 Å². The van der Waals surface area contributed by atoms with Gasteiger partial charge < -0.3 is 10.1 Å². The second-order valence-electron chi connectivity index (χ2n) is 6.70. The number of hydrogen-bond acceptors (Lipinski definition) is 2. The van der Waals surface area contributed by atoms with E-state index in [1.165, 1.54) is 5.56 Å². The topological polar surface area (TPSA) is 38.3 Å². The fourth-order valence-corrected chi connectivity index (χ4v) is 2.94. The van der Waals surface area contributed by atoms with Crippen LogP contribution in [0.1, 0.15) is 39.5 Å². The molecular formula is C24H25NO2. The number of amides is 1. The molecule has 0 aliphatic heterocycles. The monoisotopic (exact) mass is 359 g/mol. The van der Waals surface area contributed by atoms with E-state index in [0.29, 0.717) is 12.2 Å². The zero-order valence-electron chi connectivity index (χ0n) is 16.1. The van der Waals surface area contributed by atoms with Gasteiger partial charge in [0.2, 0.25) is 0 Å². The lowest BCUT2D eigenvalue weighted by Crippen LogP contribution is -2.13. The van der Waals surface area contributed by atoms with Gasteiger partial charge >= 0.3 is 0 Å². The molecule has 27 heavy (non-hydrogen) atoms. The Balaban J connectivity index is 1.61. The van der Waals surface area contributed by atoms with E-state index in [4.69, 9.17) is 4.74 Å². The van der Waals surface area contributed by atoms with Crippen molar-refractivity contribution in [2.45, 2.75) is 33.8 Å². The second-order valence-corrected chi connectivity index (χ2v) is 6.70. The van der Waals surface area contributed by atoms with Crippen LogP contribution in [-0.4, -0.2) is 5.91 Å². The highest BCUT2D eigenvalue weighted by Crippen LogP contribution is 2.20. The van der Waals surface area contributed by atoms with Crippen LogP contribution in [0, 0.1) is 13.8 Å². The molecule has 0 radical (unpaired) electrons. The highest BCUT2D eigenvalue weighted by molar-refractivity contribution is 6.05. The van der Waals surface area contributed by atoms with Crippen LogP contribution in [0.15, 0.2) is 66.7 Å². The number of aryl methyl sites for hydroxylation is 3. The van der Waals surface area contributed by atoms with Gasteiger partial charge in [-0.1, -0.05) is 49.4 Å². The average Bonchev–Trinajstić information content (AvgIpc) is 2.70. The van der Waals surface area contributed by atoms with Crippen LogP contribution in [0.25, 0.3) is 0 Å². The van der Waals surface area contributed by atoms with E-state index in [1.54, 1.807) is 0 Å². The number of benzene rings is 3. The van der Waals surface area contributed by atoms with E-state index in [0.717, 1.165) is 34.5 Å². The maximum Gasteiger partial charge on any atom is 0.255 e. The molecule has 0 spiro atoms. The summed E-state index contributed by atoms with van der Waals surface area (Å²) in [7, 11) is 0. The summed E-state index contributed by atoms with van der Waals surface area (Å²) in [6, 6.07) is 21.7.